The Bertz CT molecular complexity index is 865. The van der Waals surface area contributed by atoms with Crippen molar-refractivity contribution in [1.82, 2.24) is 0 Å². The molecule has 0 radical (unpaired) electrons. The molecule has 0 aliphatic heterocycles. The monoisotopic (exact) mass is 336 g/mol. The van der Waals surface area contributed by atoms with Crippen molar-refractivity contribution in [2.45, 2.75) is 39.0 Å². The topological polar surface area (TPSA) is 39.4 Å². The van der Waals surface area contributed by atoms with Crippen LogP contribution in [-0.2, 0) is 0 Å². The first-order valence-electron chi connectivity index (χ1n) is 9.04. The Morgan fingerprint density at radius 2 is 1.72 bits per heavy atom. The van der Waals surface area contributed by atoms with E-state index in [9.17, 15) is 4.79 Å². The summed E-state index contributed by atoms with van der Waals surface area (Å²) in [6, 6.07) is 16.7. The van der Waals surface area contributed by atoms with Crippen molar-refractivity contribution >= 4 is 11.0 Å². The molecule has 0 saturated heterocycles. The molecule has 0 aliphatic rings. The lowest BCUT2D eigenvalue weighted by molar-refractivity contribution is 0.305. The van der Waals surface area contributed by atoms with E-state index in [-0.39, 0.29) is 5.43 Å². The van der Waals surface area contributed by atoms with Gasteiger partial charge in [0, 0.05) is 11.6 Å². The van der Waals surface area contributed by atoms with Crippen molar-refractivity contribution in [3.05, 3.63) is 64.8 Å². The highest BCUT2D eigenvalue weighted by atomic mass is 16.5. The summed E-state index contributed by atoms with van der Waals surface area (Å²) < 4.78 is 11.7. The fraction of sp³-hybridized carbons (Fsp3) is 0.318. The van der Waals surface area contributed by atoms with Crippen LogP contribution in [-0.4, -0.2) is 6.61 Å². The SMILES string of the molecule is CCCCCCCOc1ccc2oc(-c3ccccc3)cc(=O)c2c1. The van der Waals surface area contributed by atoms with E-state index < -0.39 is 0 Å². The maximum absolute atomic E-state index is 12.5. The van der Waals surface area contributed by atoms with Crippen molar-refractivity contribution in [2.24, 2.45) is 0 Å². The van der Waals surface area contributed by atoms with Gasteiger partial charge >= 0.3 is 0 Å². The Morgan fingerprint density at radius 3 is 2.52 bits per heavy atom. The van der Waals surface area contributed by atoms with Crippen LogP contribution in [0.5, 0.6) is 5.75 Å². The Balaban J connectivity index is 1.73. The number of hydrogen-bond donors (Lipinski definition) is 0. The summed E-state index contributed by atoms with van der Waals surface area (Å²) in [5, 5.41) is 0.558. The highest BCUT2D eigenvalue weighted by Crippen LogP contribution is 2.24. The standard InChI is InChI=1S/C22H24O3/c1-2-3-4-5-9-14-24-18-12-13-21-19(15-18)20(23)16-22(25-21)17-10-7-6-8-11-17/h6-8,10-13,15-16H,2-5,9,14H2,1H3. The van der Waals surface area contributed by atoms with Gasteiger partial charge in [0.1, 0.15) is 17.1 Å². The summed E-state index contributed by atoms with van der Waals surface area (Å²) in [5.41, 5.74) is 1.43. The summed E-state index contributed by atoms with van der Waals surface area (Å²) in [5.74, 6) is 1.31. The average Bonchev–Trinajstić information content (AvgIpc) is 2.65. The van der Waals surface area contributed by atoms with Crippen LogP contribution in [0.15, 0.2) is 63.8 Å². The van der Waals surface area contributed by atoms with Gasteiger partial charge in [-0.15, -0.1) is 0 Å². The predicted molar refractivity (Wildman–Crippen MR) is 102 cm³/mol. The molecule has 1 heterocycles. The van der Waals surface area contributed by atoms with Gasteiger partial charge in [-0.05, 0) is 24.6 Å². The fourth-order valence-electron chi connectivity index (χ4n) is 2.87. The molecule has 0 saturated carbocycles. The Morgan fingerprint density at radius 1 is 0.920 bits per heavy atom. The zero-order valence-corrected chi connectivity index (χ0v) is 14.7. The van der Waals surface area contributed by atoms with Crippen molar-refractivity contribution in [3.8, 4) is 17.1 Å². The van der Waals surface area contributed by atoms with Gasteiger partial charge in [-0.2, -0.15) is 0 Å². The van der Waals surface area contributed by atoms with Gasteiger partial charge in [0.2, 0.25) is 0 Å². The molecular formula is C22H24O3. The van der Waals surface area contributed by atoms with Gasteiger partial charge in [0.25, 0.3) is 0 Å². The molecule has 0 amide bonds. The first kappa shape index (κ1) is 17.3. The number of hydrogen-bond acceptors (Lipinski definition) is 3. The molecule has 25 heavy (non-hydrogen) atoms. The number of ether oxygens (including phenoxy) is 1. The molecule has 1 aromatic heterocycles. The molecule has 2 aromatic carbocycles. The quantitative estimate of drug-likeness (QED) is 0.487. The zero-order valence-electron chi connectivity index (χ0n) is 14.7. The molecule has 3 nitrogen and oxygen atoms in total. The normalized spacial score (nSPS) is 10.9. The molecule has 0 aliphatic carbocycles. The molecule has 3 rings (SSSR count). The third-order valence-corrected chi connectivity index (χ3v) is 4.27. The average molecular weight is 336 g/mol. The number of benzene rings is 2. The molecule has 130 valence electrons. The summed E-state index contributed by atoms with van der Waals surface area (Å²) in [6.07, 6.45) is 6.00. The predicted octanol–water partition coefficient (Wildman–Crippen LogP) is 5.81. The Hall–Kier alpha value is -2.55. The van der Waals surface area contributed by atoms with Crippen LogP contribution < -0.4 is 10.2 Å². The number of rotatable bonds is 8. The van der Waals surface area contributed by atoms with Gasteiger partial charge in [-0.3, -0.25) is 4.79 Å². The fourth-order valence-corrected chi connectivity index (χ4v) is 2.87. The third-order valence-electron chi connectivity index (χ3n) is 4.27. The highest BCUT2D eigenvalue weighted by molar-refractivity contribution is 5.80. The van der Waals surface area contributed by atoms with Crippen LogP contribution in [0.1, 0.15) is 39.0 Å². The molecule has 0 atom stereocenters. The van der Waals surface area contributed by atoms with Gasteiger partial charge in [0.15, 0.2) is 5.43 Å². The van der Waals surface area contributed by atoms with E-state index in [0.717, 1.165) is 17.7 Å². The molecule has 0 spiro atoms. The van der Waals surface area contributed by atoms with E-state index in [1.54, 1.807) is 12.1 Å². The summed E-state index contributed by atoms with van der Waals surface area (Å²) in [7, 11) is 0. The summed E-state index contributed by atoms with van der Waals surface area (Å²) in [6.45, 7) is 2.89. The molecule has 0 N–H and O–H groups in total. The minimum absolute atomic E-state index is 0.0477. The molecule has 3 heteroatoms. The van der Waals surface area contributed by atoms with E-state index in [1.807, 2.05) is 42.5 Å². The smallest absolute Gasteiger partial charge is 0.193 e. The second-order valence-electron chi connectivity index (χ2n) is 6.26. The summed E-state index contributed by atoms with van der Waals surface area (Å²) in [4.78, 5) is 12.5. The van der Waals surface area contributed by atoms with Crippen LogP contribution in [0.4, 0.5) is 0 Å². The maximum atomic E-state index is 12.5. The third kappa shape index (κ3) is 4.50. The van der Waals surface area contributed by atoms with Gasteiger partial charge in [-0.25, -0.2) is 0 Å². The van der Waals surface area contributed by atoms with E-state index >= 15 is 0 Å². The van der Waals surface area contributed by atoms with Crippen LogP contribution in [0.25, 0.3) is 22.3 Å². The molecular weight excluding hydrogens is 312 g/mol. The van der Waals surface area contributed by atoms with E-state index in [0.29, 0.717) is 23.3 Å². The Kier molecular flexibility index (Phi) is 5.89. The van der Waals surface area contributed by atoms with Crippen molar-refractivity contribution < 1.29 is 9.15 Å². The van der Waals surface area contributed by atoms with E-state index in [1.165, 1.54) is 25.7 Å². The first-order chi connectivity index (χ1) is 12.3. The minimum Gasteiger partial charge on any atom is -0.494 e. The maximum Gasteiger partial charge on any atom is 0.193 e. The molecule has 3 aromatic rings. The van der Waals surface area contributed by atoms with Crippen LogP contribution in [0, 0.1) is 0 Å². The summed E-state index contributed by atoms with van der Waals surface area (Å²) >= 11 is 0. The van der Waals surface area contributed by atoms with Gasteiger partial charge < -0.3 is 9.15 Å². The van der Waals surface area contributed by atoms with Gasteiger partial charge in [-0.1, -0.05) is 62.9 Å². The van der Waals surface area contributed by atoms with Gasteiger partial charge in [0.05, 0.1) is 12.0 Å². The molecule has 0 unspecified atom stereocenters. The van der Waals surface area contributed by atoms with Crippen LogP contribution in [0.2, 0.25) is 0 Å². The molecule has 0 bridgehead atoms. The lowest BCUT2D eigenvalue weighted by atomic mass is 10.1. The minimum atomic E-state index is -0.0477. The van der Waals surface area contributed by atoms with Crippen LogP contribution in [0.3, 0.4) is 0 Å². The van der Waals surface area contributed by atoms with Crippen molar-refractivity contribution in [3.63, 3.8) is 0 Å². The van der Waals surface area contributed by atoms with Crippen LogP contribution >= 0.6 is 0 Å². The Labute approximate surface area is 148 Å². The molecule has 0 fully saturated rings. The highest BCUT2D eigenvalue weighted by Gasteiger charge is 2.08. The largest absolute Gasteiger partial charge is 0.494 e. The lowest BCUT2D eigenvalue weighted by Crippen LogP contribution is -2.02. The second kappa shape index (κ2) is 8.52. The first-order valence-corrected chi connectivity index (χ1v) is 9.04. The zero-order chi connectivity index (χ0) is 17.5. The van der Waals surface area contributed by atoms with E-state index in [4.69, 9.17) is 9.15 Å². The number of unbranched alkanes of at least 4 members (excludes halogenated alkanes) is 4. The van der Waals surface area contributed by atoms with E-state index in [2.05, 4.69) is 6.92 Å². The second-order valence-corrected chi connectivity index (χ2v) is 6.26. The number of fused-ring (bicyclic) bond motifs is 1. The van der Waals surface area contributed by atoms with Crippen molar-refractivity contribution in [1.29, 1.82) is 0 Å². The van der Waals surface area contributed by atoms with Crippen molar-refractivity contribution in [2.75, 3.05) is 6.61 Å². The lowest BCUT2D eigenvalue weighted by Gasteiger charge is -2.08.